The lowest BCUT2D eigenvalue weighted by Gasteiger charge is -2.20. The minimum atomic E-state index is -1.31. The van der Waals surface area contributed by atoms with Gasteiger partial charge in [0.1, 0.15) is 6.61 Å². The van der Waals surface area contributed by atoms with Gasteiger partial charge in [0.2, 0.25) is 0 Å². The highest BCUT2D eigenvalue weighted by Crippen LogP contribution is 2.44. The van der Waals surface area contributed by atoms with E-state index in [9.17, 15) is 19.2 Å². The monoisotopic (exact) mass is 486 g/mol. The van der Waals surface area contributed by atoms with Gasteiger partial charge in [0, 0.05) is 13.0 Å². The van der Waals surface area contributed by atoms with Crippen molar-refractivity contribution in [1.29, 1.82) is 0 Å². The SMILES string of the molecule is COCC(NC(=O)OCC1c2ccccc2-c2ccccc21)C(=O)ON1C(=O)c2ccccc2C1=O. The van der Waals surface area contributed by atoms with Crippen LogP contribution in [0.15, 0.2) is 72.8 Å². The van der Waals surface area contributed by atoms with E-state index >= 15 is 0 Å². The Morgan fingerprint density at radius 3 is 1.86 bits per heavy atom. The van der Waals surface area contributed by atoms with Gasteiger partial charge in [0.05, 0.1) is 17.7 Å². The van der Waals surface area contributed by atoms with E-state index < -0.39 is 29.9 Å². The molecule has 0 spiro atoms. The molecule has 1 aliphatic heterocycles. The van der Waals surface area contributed by atoms with Gasteiger partial charge in [-0.1, -0.05) is 65.7 Å². The number of alkyl carbamates (subject to hydrolysis) is 1. The molecular formula is C27H22N2O7. The lowest BCUT2D eigenvalue weighted by molar-refractivity contribution is -0.172. The average Bonchev–Trinajstić information content (AvgIpc) is 3.34. The Morgan fingerprint density at radius 1 is 0.833 bits per heavy atom. The van der Waals surface area contributed by atoms with Crippen molar-refractivity contribution < 1.29 is 33.5 Å². The second-order valence-electron chi connectivity index (χ2n) is 8.34. The van der Waals surface area contributed by atoms with Crippen molar-refractivity contribution >= 4 is 23.9 Å². The normalized spacial score (nSPS) is 14.6. The van der Waals surface area contributed by atoms with Gasteiger partial charge >= 0.3 is 12.1 Å². The molecule has 1 heterocycles. The quantitative estimate of drug-likeness (QED) is 0.510. The number of nitrogens with one attached hydrogen (secondary N) is 1. The number of imide groups is 1. The van der Waals surface area contributed by atoms with Gasteiger partial charge in [-0.25, -0.2) is 9.59 Å². The number of hydroxylamine groups is 2. The molecule has 182 valence electrons. The van der Waals surface area contributed by atoms with Crippen molar-refractivity contribution in [2.75, 3.05) is 20.3 Å². The molecule has 3 aromatic rings. The summed E-state index contributed by atoms with van der Waals surface area (Å²) >= 11 is 0. The van der Waals surface area contributed by atoms with Crippen LogP contribution in [0.2, 0.25) is 0 Å². The van der Waals surface area contributed by atoms with E-state index in [2.05, 4.69) is 5.32 Å². The van der Waals surface area contributed by atoms with E-state index in [1.807, 2.05) is 48.5 Å². The molecule has 0 aromatic heterocycles. The predicted molar refractivity (Wildman–Crippen MR) is 127 cm³/mol. The predicted octanol–water partition coefficient (Wildman–Crippen LogP) is 3.29. The second-order valence-corrected chi connectivity index (χ2v) is 8.34. The minimum absolute atomic E-state index is 0.0486. The van der Waals surface area contributed by atoms with Crippen molar-refractivity contribution in [3.63, 3.8) is 0 Å². The molecule has 0 saturated heterocycles. The first-order valence-corrected chi connectivity index (χ1v) is 11.3. The molecule has 2 aliphatic rings. The third-order valence-electron chi connectivity index (χ3n) is 6.19. The number of methoxy groups -OCH3 is 1. The number of amides is 3. The fourth-order valence-corrected chi connectivity index (χ4v) is 4.52. The largest absolute Gasteiger partial charge is 0.449 e. The molecule has 3 amide bonds. The van der Waals surface area contributed by atoms with Crippen LogP contribution in [0.1, 0.15) is 37.8 Å². The van der Waals surface area contributed by atoms with Gasteiger partial charge in [0.25, 0.3) is 11.8 Å². The summed E-state index contributed by atoms with van der Waals surface area (Å²) in [6, 6.07) is 20.6. The molecule has 36 heavy (non-hydrogen) atoms. The van der Waals surface area contributed by atoms with E-state index in [1.54, 1.807) is 12.1 Å². The molecular weight excluding hydrogens is 464 g/mol. The molecule has 1 N–H and O–H groups in total. The topological polar surface area (TPSA) is 111 Å². The lowest BCUT2D eigenvalue weighted by Crippen LogP contribution is -2.48. The highest BCUT2D eigenvalue weighted by Gasteiger charge is 2.40. The van der Waals surface area contributed by atoms with Crippen LogP contribution in [-0.4, -0.2) is 55.3 Å². The number of nitrogens with zero attached hydrogens (tertiary/aromatic N) is 1. The summed E-state index contributed by atoms with van der Waals surface area (Å²) in [6.45, 7) is -0.209. The van der Waals surface area contributed by atoms with Crippen LogP contribution in [0.3, 0.4) is 0 Å². The summed E-state index contributed by atoms with van der Waals surface area (Å²) in [7, 11) is 1.34. The molecule has 9 heteroatoms. The van der Waals surface area contributed by atoms with Crippen LogP contribution in [0.5, 0.6) is 0 Å². The summed E-state index contributed by atoms with van der Waals surface area (Å²) in [5, 5.41) is 2.79. The molecule has 3 aromatic carbocycles. The standard InChI is InChI=1S/C27H22N2O7/c1-34-15-23(26(32)36-29-24(30)20-12-6-7-13-21(20)25(29)31)28-27(33)35-14-22-18-10-4-2-8-16(18)17-9-3-5-11-19(17)22/h2-13,22-23H,14-15H2,1H3,(H,28,33). The Hall–Kier alpha value is -4.50. The zero-order valence-corrected chi connectivity index (χ0v) is 19.3. The van der Waals surface area contributed by atoms with Crippen LogP contribution < -0.4 is 5.32 Å². The lowest BCUT2D eigenvalue weighted by atomic mass is 9.98. The van der Waals surface area contributed by atoms with Crippen molar-refractivity contribution in [3.05, 3.63) is 95.1 Å². The number of hydrogen-bond donors (Lipinski definition) is 1. The first-order valence-electron chi connectivity index (χ1n) is 11.3. The molecule has 5 rings (SSSR count). The van der Waals surface area contributed by atoms with Crippen molar-refractivity contribution in [2.24, 2.45) is 0 Å². The maximum absolute atomic E-state index is 12.7. The van der Waals surface area contributed by atoms with Crippen molar-refractivity contribution in [1.82, 2.24) is 10.4 Å². The Bertz CT molecular complexity index is 1290. The van der Waals surface area contributed by atoms with Gasteiger partial charge in [0.15, 0.2) is 6.04 Å². The van der Waals surface area contributed by atoms with E-state index in [0.29, 0.717) is 5.06 Å². The smallest absolute Gasteiger partial charge is 0.407 e. The summed E-state index contributed by atoms with van der Waals surface area (Å²) in [5.74, 6) is -2.73. The summed E-state index contributed by atoms with van der Waals surface area (Å²) in [6.07, 6.45) is -0.863. The molecule has 1 unspecified atom stereocenters. The summed E-state index contributed by atoms with van der Waals surface area (Å²) < 4.78 is 10.5. The van der Waals surface area contributed by atoms with E-state index in [-0.39, 0.29) is 30.3 Å². The maximum atomic E-state index is 12.7. The molecule has 1 aliphatic carbocycles. The fourth-order valence-electron chi connectivity index (χ4n) is 4.52. The Kier molecular flexibility index (Phi) is 6.22. The van der Waals surface area contributed by atoms with Crippen LogP contribution in [0.25, 0.3) is 11.1 Å². The summed E-state index contributed by atoms with van der Waals surface area (Å²) in [4.78, 5) is 55.4. The Morgan fingerprint density at radius 2 is 1.33 bits per heavy atom. The van der Waals surface area contributed by atoms with Gasteiger partial charge in [-0.15, -0.1) is 0 Å². The Balaban J connectivity index is 1.24. The first-order chi connectivity index (χ1) is 17.5. The van der Waals surface area contributed by atoms with Crippen molar-refractivity contribution in [2.45, 2.75) is 12.0 Å². The molecule has 9 nitrogen and oxygen atoms in total. The van der Waals surface area contributed by atoms with Gasteiger partial charge in [-0.05, 0) is 34.4 Å². The van der Waals surface area contributed by atoms with Gasteiger partial charge in [-0.2, -0.15) is 0 Å². The first kappa shape index (κ1) is 23.3. The molecule has 0 saturated carbocycles. The van der Waals surface area contributed by atoms with Crippen molar-refractivity contribution in [3.8, 4) is 11.1 Å². The number of ether oxygens (including phenoxy) is 2. The third kappa shape index (κ3) is 4.09. The van der Waals surface area contributed by atoms with Gasteiger partial charge in [-0.3, -0.25) is 9.59 Å². The number of rotatable bonds is 7. The van der Waals surface area contributed by atoms with E-state index in [4.69, 9.17) is 14.3 Å². The molecule has 0 radical (unpaired) electrons. The average molecular weight is 486 g/mol. The fraction of sp³-hybridized carbons (Fsp3) is 0.185. The van der Waals surface area contributed by atoms with Crippen LogP contribution in [0, 0.1) is 0 Å². The second kappa shape index (κ2) is 9.63. The highest BCUT2D eigenvalue weighted by atomic mass is 16.7. The summed E-state index contributed by atoms with van der Waals surface area (Å²) in [5.41, 5.74) is 4.52. The number of benzene rings is 3. The molecule has 0 fully saturated rings. The van der Waals surface area contributed by atoms with E-state index in [0.717, 1.165) is 22.3 Å². The number of carbonyl (C=O) groups excluding carboxylic acids is 4. The zero-order chi connectivity index (χ0) is 25.2. The Labute approximate surface area is 206 Å². The molecule has 1 atom stereocenters. The van der Waals surface area contributed by atoms with Crippen LogP contribution >= 0.6 is 0 Å². The van der Waals surface area contributed by atoms with E-state index in [1.165, 1.54) is 19.2 Å². The number of fused-ring (bicyclic) bond motifs is 4. The minimum Gasteiger partial charge on any atom is -0.449 e. The van der Waals surface area contributed by atoms with Crippen LogP contribution in [-0.2, 0) is 19.1 Å². The zero-order valence-electron chi connectivity index (χ0n) is 19.3. The molecule has 0 bridgehead atoms. The third-order valence-corrected chi connectivity index (χ3v) is 6.19. The maximum Gasteiger partial charge on any atom is 0.407 e. The van der Waals surface area contributed by atoms with Gasteiger partial charge < -0.3 is 19.6 Å². The van der Waals surface area contributed by atoms with Crippen LogP contribution in [0.4, 0.5) is 4.79 Å². The number of hydrogen-bond acceptors (Lipinski definition) is 7. The highest BCUT2D eigenvalue weighted by molar-refractivity contribution is 6.20. The number of carbonyl (C=O) groups is 4.